The van der Waals surface area contributed by atoms with Gasteiger partial charge in [0.1, 0.15) is 0 Å². The van der Waals surface area contributed by atoms with Crippen molar-refractivity contribution in [3.8, 4) is 16.9 Å². The van der Waals surface area contributed by atoms with Crippen LogP contribution in [0.15, 0.2) is 53.4 Å². The molecule has 0 aliphatic rings. The van der Waals surface area contributed by atoms with Crippen LogP contribution in [0.25, 0.3) is 16.9 Å². The van der Waals surface area contributed by atoms with Gasteiger partial charge in [0.25, 0.3) is 0 Å². The molecule has 17 heavy (non-hydrogen) atoms. The fourth-order valence-electron chi connectivity index (χ4n) is 1.82. The molecule has 3 aromatic rings. The summed E-state index contributed by atoms with van der Waals surface area (Å²) in [4.78, 5) is 0. The van der Waals surface area contributed by atoms with Crippen molar-refractivity contribution in [1.82, 2.24) is 9.78 Å². The molecule has 3 heteroatoms. The first-order valence-electron chi connectivity index (χ1n) is 5.48. The Morgan fingerprint density at radius 1 is 1.06 bits per heavy atom. The van der Waals surface area contributed by atoms with E-state index >= 15 is 0 Å². The van der Waals surface area contributed by atoms with Crippen LogP contribution in [-0.4, -0.2) is 9.78 Å². The Balaban J connectivity index is 2.10. The van der Waals surface area contributed by atoms with Crippen LogP contribution < -0.4 is 0 Å². The maximum atomic E-state index is 4.39. The van der Waals surface area contributed by atoms with Crippen molar-refractivity contribution in [1.29, 1.82) is 0 Å². The molecule has 0 fully saturated rings. The molecule has 0 spiro atoms. The Bertz CT molecular complexity index is 606. The molecule has 0 saturated heterocycles. The molecule has 1 aromatic carbocycles. The van der Waals surface area contributed by atoms with Crippen LogP contribution in [0.3, 0.4) is 0 Å². The van der Waals surface area contributed by atoms with Gasteiger partial charge in [-0.1, -0.05) is 17.7 Å². The third-order valence-electron chi connectivity index (χ3n) is 2.74. The average Bonchev–Trinajstić information content (AvgIpc) is 3.00. The fourth-order valence-corrected chi connectivity index (χ4v) is 2.47. The molecule has 0 amide bonds. The summed E-state index contributed by atoms with van der Waals surface area (Å²) in [5, 5.41) is 8.62. The predicted molar refractivity (Wildman–Crippen MR) is 71.6 cm³/mol. The largest absolute Gasteiger partial charge is 0.233 e. The smallest absolute Gasteiger partial charge is 0.0749 e. The first kappa shape index (κ1) is 10.3. The number of thiophene rings is 1. The van der Waals surface area contributed by atoms with Crippen LogP contribution in [0.1, 0.15) is 5.56 Å². The van der Waals surface area contributed by atoms with Gasteiger partial charge in [-0.05, 0) is 36.6 Å². The van der Waals surface area contributed by atoms with Gasteiger partial charge in [0.15, 0.2) is 0 Å². The average molecular weight is 240 g/mol. The van der Waals surface area contributed by atoms with Gasteiger partial charge in [-0.3, -0.25) is 0 Å². The lowest BCUT2D eigenvalue weighted by Crippen LogP contribution is -1.97. The van der Waals surface area contributed by atoms with Crippen molar-refractivity contribution in [2.24, 2.45) is 0 Å². The summed E-state index contributed by atoms with van der Waals surface area (Å²) in [6.45, 7) is 2.09. The summed E-state index contributed by atoms with van der Waals surface area (Å²) in [6, 6.07) is 12.6. The first-order chi connectivity index (χ1) is 8.34. The number of hydrogen-bond donors (Lipinski definition) is 0. The molecule has 0 unspecified atom stereocenters. The quantitative estimate of drug-likeness (QED) is 0.664. The number of hydrogen-bond acceptors (Lipinski definition) is 2. The van der Waals surface area contributed by atoms with Crippen LogP contribution in [0, 0.1) is 6.92 Å². The molecule has 0 saturated carbocycles. The summed E-state index contributed by atoms with van der Waals surface area (Å²) in [5.41, 5.74) is 4.71. The highest BCUT2D eigenvalue weighted by molar-refractivity contribution is 7.08. The zero-order chi connectivity index (χ0) is 11.7. The minimum Gasteiger partial charge on any atom is -0.233 e. The second-order valence-corrected chi connectivity index (χ2v) is 4.76. The molecule has 0 atom stereocenters. The molecular formula is C14H12N2S. The molecule has 0 N–H and O–H groups in total. The molecule has 2 aromatic heterocycles. The molecule has 0 radical (unpaired) electrons. The van der Waals surface area contributed by atoms with Crippen molar-refractivity contribution in [3.63, 3.8) is 0 Å². The van der Waals surface area contributed by atoms with E-state index in [-0.39, 0.29) is 0 Å². The highest BCUT2D eigenvalue weighted by Crippen LogP contribution is 2.24. The van der Waals surface area contributed by atoms with Gasteiger partial charge in [0.2, 0.25) is 0 Å². The van der Waals surface area contributed by atoms with Gasteiger partial charge in [0, 0.05) is 10.9 Å². The van der Waals surface area contributed by atoms with Gasteiger partial charge < -0.3 is 0 Å². The van der Waals surface area contributed by atoms with E-state index < -0.39 is 0 Å². The molecule has 84 valence electrons. The van der Waals surface area contributed by atoms with E-state index in [4.69, 9.17) is 0 Å². The summed E-state index contributed by atoms with van der Waals surface area (Å²) < 4.78 is 1.97. The minimum atomic E-state index is 1.10. The Morgan fingerprint density at radius 3 is 2.59 bits per heavy atom. The SMILES string of the molecule is Cc1ccc(-n2nccc2-c2ccsc2)cc1. The van der Waals surface area contributed by atoms with E-state index in [1.165, 1.54) is 11.1 Å². The van der Waals surface area contributed by atoms with E-state index in [9.17, 15) is 0 Å². The second kappa shape index (κ2) is 4.18. The standard InChI is InChI=1S/C14H12N2S/c1-11-2-4-13(5-3-11)16-14(6-8-15-16)12-7-9-17-10-12/h2-10H,1H3. The van der Waals surface area contributed by atoms with Crippen LogP contribution >= 0.6 is 11.3 Å². The Labute approximate surface area is 104 Å². The Hall–Kier alpha value is -1.87. The molecule has 2 nitrogen and oxygen atoms in total. The van der Waals surface area contributed by atoms with Crippen LogP contribution in [-0.2, 0) is 0 Å². The summed E-state index contributed by atoms with van der Waals surface area (Å²) in [5.74, 6) is 0. The van der Waals surface area contributed by atoms with Crippen molar-refractivity contribution < 1.29 is 0 Å². The predicted octanol–water partition coefficient (Wildman–Crippen LogP) is 3.91. The fraction of sp³-hybridized carbons (Fsp3) is 0.0714. The summed E-state index contributed by atoms with van der Waals surface area (Å²) in [7, 11) is 0. The topological polar surface area (TPSA) is 17.8 Å². The monoisotopic (exact) mass is 240 g/mol. The maximum absolute atomic E-state index is 4.39. The molecule has 3 rings (SSSR count). The van der Waals surface area contributed by atoms with Crippen molar-refractivity contribution in [2.45, 2.75) is 6.92 Å². The van der Waals surface area contributed by atoms with Crippen LogP contribution in [0.2, 0.25) is 0 Å². The normalized spacial score (nSPS) is 10.6. The highest BCUT2D eigenvalue weighted by Gasteiger charge is 2.07. The Kier molecular flexibility index (Phi) is 2.53. The number of rotatable bonds is 2. The third-order valence-corrected chi connectivity index (χ3v) is 3.42. The lowest BCUT2D eigenvalue weighted by atomic mass is 10.2. The molecule has 2 heterocycles. The Morgan fingerprint density at radius 2 is 1.88 bits per heavy atom. The third kappa shape index (κ3) is 1.89. The maximum Gasteiger partial charge on any atom is 0.0749 e. The molecular weight excluding hydrogens is 228 g/mol. The minimum absolute atomic E-state index is 1.10. The van der Waals surface area contributed by atoms with E-state index in [2.05, 4.69) is 53.1 Å². The van der Waals surface area contributed by atoms with Crippen LogP contribution in [0.5, 0.6) is 0 Å². The van der Waals surface area contributed by atoms with Gasteiger partial charge in [-0.25, -0.2) is 4.68 Å². The highest BCUT2D eigenvalue weighted by atomic mass is 32.1. The van der Waals surface area contributed by atoms with Gasteiger partial charge in [-0.2, -0.15) is 16.4 Å². The van der Waals surface area contributed by atoms with Crippen LogP contribution in [0.4, 0.5) is 0 Å². The van der Waals surface area contributed by atoms with Gasteiger partial charge in [0.05, 0.1) is 17.6 Å². The first-order valence-corrected chi connectivity index (χ1v) is 6.42. The van der Waals surface area contributed by atoms with Crippen molar-refractivity contribution in [3.05, 3.63) is 58.9 Å². The zero-order valence-electron chi connectivity index (χ0n) is 9.50. The van der Waals surface area contributed by atoms with E-state index in [0.29, 0.717) is 0 Å². The molecule has 0 aliphatic heterocycles. The number of nitrogens with zero attached hydrogens (tertiary/aromatic N) is 2. The van der Waals surface area contributed by atoms with E-state index in [1.54, 1.807) is 11.3 Å². The van der Waals surface area contributed by atoms with Gasteiger partial charge >= 0.3 is 0 Å². The van der Waals surface area contributed by atoms with Crippen molar-refractivity contribution in [2.75, 3.05) is 0 Å². The second-order valence-electron chi connectivity index (χ2n) is 3.98. The van der Waals surface area contributed by atoms with E-state index in [1.807, 2.05) is 16.9 Å². The summed E-state index contributed by atoms with van der Waals surface area (Å²) >= 11 is 1.70. The lowest BCUT2D eigenvalue weighted by Gasteiger charge is -2.06. The van der Waals surface area contributed by atoms with Gasteiger partial charge in [-0.15, -0.1) is 0 Å². The number of benzene rings is 1. The number of aromatic nitrogens is 2. The molecule has 0 bridgehead atoms. The molecule has 0 aliphatic carbocycles. The lowest BCUT2D eigenvalue weighted by molar-refractivity contribution is 0.888. The number of aryl methyl sites for hydroxylation is 1. The van der Waals surface area contributed by atoms with E-state index in [0.717, 1.165) is 11.4 Å². The zero-order valence-corrected chi connectivity index (χ0v) is 10.3. The summed E-state index contributed by atoms with van der Waals surface area (Å²) in [6.07, 6.45) is 1.84. The van der Waals surface area contributed by atoms with Crippen molar-refractivity contribution >= 4 is 11.3 Å².